The first-order valence-corrected chi connectivity index (χ1v) is 11.6. The van der Waals surface area contributed by atoms with E-state index in [0.717, 1.165) is 36.6 Å². The van der Waals surface area contributed by atoms with E-state index in [1.165, 1.54) is 17.7 Å². The van der Waals surface area contributed by atoms with E-state index in [2.05, 4.69) is 16.7 Å². The Morgan fingerprint density at radius 2 is 1.88 bits per heavy atom. The molecule has 0 fully saturated rings. The summed E-state index contributed by atoms with van der Waals surface area (Å²) in [6, 6.07) is 8.36. The Morgan fingerprint density at radius 3 is 2.53 bits per heavy atom. The number of aliphatic hydroxyl groups excluding tert-OH is 1. The number of nitrogens with one attached hydrogen (secondary N) is 2. The molecule has 0 unspecified atom stereocenters. The lowest BCUT2D eigenvalue weighted by Crippen LogP contribution is -2.50. The van der Waals surface area contributed by atoms with Crippen LogP contribution in [-0.2, 0) is 17.6 Å². The van der Waals surface area contributed by atoms with Gasteiger partial charge in [-0.2, -0.15) is 0 Å². The van der Waals surface area contributed by atoms with Crippen molar-refractivity contribution >= 4 is 6.09 Å². The smallest absolute Gasteiger partial charge is 0.407 e. The maximum absolute atomic E-state index is 13.7. The van der Waals surface area contributed by atoms with Gasteiger partial charge < -0.3 is 25.2 Å². The number of aliphatic hydroxyl groups is 1. The van der Waals surface area contributed by atoms with E-state index in [0.29, 0.717) is 5.56 Å². The maximum atomic E-state index is 13.7. The first-order chi connectivity index (χ1) is 16.0. The van der Waals surface area contributed by atoms with Crippen LogP contribution in [0.1, 0.15) is 56.3 Å². The molecular weight excluding hydrogens is 442 g/mol. The zero-order chi connectivity index (χ0) is 24.9. The van der Waals surface area contributed by atoms with Crippen molar-refractivity contribution in [3.8, 4) is 5.75 Å². The lowest BCUT2D eigenvalue weighted by molar-refractivity contribution is 0.0419. The van der Waals surface area contributed by atoms with Crippen molar-refractivity contribution in [1.82, 2.24) is 10.6 Å². The Labute approximate surface area is 199 Å². The van der Waals surface area contributed by atoms with Crippen LogP contribution in [-0.4, -0.2) is 42.6 Å². The van der Waals surface area contributed by atoms with Crippen LogP contribution in [0.4, 0.5) is 13.6 Å². The third kappa shape index (κ3) is 7.40. The Morgan fingerprint density at radius 1 is 1.18 bits per heavy atom. The van der Waals surface area contributed by atoms with E-state index in [9.17, 15) is 18.7 Å². The quantitative estimate of drug-likeness (QED) is 0.525. The normalized spacial score (nSPS) is 17.4. The van der Waals surface area contributed by atoms with Crippen LogP contribution < -0.4 is 15.4 Å². The molecule has 186 valence electrons. The van der Waals surface area contributed by atoms with Crippen LogP contribution >= 0.6 is 0 Å². The molecule has 1 aliphatic rings. The second-order valence-electron chi connectivity index (χ2n) is 9.72. The van der Waals surface area contributed by atoms with E-state index < -0.39 is 35.5 Å². The summed E-state index contributed by atoms with van der Waals surface area (Å²) < 4.78 is 38.1. The summed E-state index contributed by atoms with van der Waals surface area (Å²) in [7, 11) is 1.62. The molecule has 34 heavy (non-hydrogen) atoms. The van der Waals surface area contributed by atoms with Gasteiger partial charge in [0.05, 0.1) is 19.3 Å². The molecule has 0 heterocycles. The van der Waals surface area contributed by atoms with Crippen molar-refractivity contribution in [2.45, 2.75) is 70.2 Å². The summed E-state index contributed by atoms with van der Waals surface area (Å²) in [6.07, 6.45) is 1.18. The largest absolute Gasteiger partial charge is 0.497 e. The Kier molecular flexibility index (Phi) is 8.49. The van der Waals surface area contributed by atoms with Crippen LogP contribution in [0.2, 0.25) is 0 Å². The molecule has 0 saturated heterocycles. The van der Waals surface area contributed by atoms with Gasteiger partial charge in [0.1, 0.15) is 23.0 Å². The lowest BCUT2D eigenvalue weighted by Gasteiger charge is -2.30. The van der Waals surface area contributed by atoms with Crippen LogP contribution in [0.25, 0.3) is 0 Å². The number of aryl methyl sites for hydroxylation is 1. The highest BCUT2D eigenvalue weighted by Crippen LogP contribution is 2.32. The molecule has 0 saturated carbocycles. The summed E-state index contributed by atoms with van der Waals surface area (Å²) >= 11 is 0. The van der Waals surface area contributed by atoms with E-state index in [4.69, 9.17) is 9.47 Å². The first kappa shape index (κ1) is 25.9. The number of alkyl carbamates (subject to hydrolysis) is 1. The molecule has 0 radical (unpaired) electrons. The number of carbonyl (C=O) groups is 1. The van der Waals surface area contributed by atoms with Crippen LogP contribution in [0.5, 0.6) is 5.75 Å². The maximum Gasteiger partial charge on any atom is 0.407 e. The molecule has 0 aliphatic heterocycles. The SMILES string of the molecule is COc1ccc2c(c1)[C@@H](NC[C@@H](O)[C@H](Cc1cc(F)cc(F)c1)NC(=O)OC(C)(C)C)CCC2. The molecule has 2 aromatic rings. The highest BCUT2D eigenvalue weighted by atomic mass is 19.1. The molecule has 1 amide bonds. The van der Waals surface area contributed by atoms with E-state index in [1.807, 2.05) is 12.1 Å². The molecule has 1 aliphatic carbocycles. The fourth-order valence-electron chi connectivity index (χ4n) is 4.25. The van der Waals surface area contributed by atoms with Gasteiger partial charge in [-0.15, -0.1) is 0 Å². The van der Waals surface area contributed by atoms with Crippen LogP contribution in [0, 0.1) is 11.6 Å². The summed E-state index contributed by atoms with van der Waals surface area (Å²) in [6.45, 7) is 5.36. The van der Waals surface area contributed by atoms with Crippen LogP contribution in [0.15, 0.2) is 36.4 Å². The van der Waals surface area contributed by atoms with Gasteiger partial charge in [0.25, 0.3) is 0 Å². The summed E-state index contributed by atoms with van der Waals surface area (Å²) in [4.78, 5) is 12.4. The number of halogens is 2. The Bertz CT molecular complexity index is 973. The fraction of sp³-hybridized carbons (Fsp3) is 0.500. The minimum Gasteiger partial charge on any atom is -0.497 e. The van der Waals surface area contributed by atoms with Crippen molar-refractivity contribution in [2.75, 3.05) is 13.7 Å². The van der Waals surface area contributed by atoms with Gasteiger partial charge in [-0.05, 0) is 87.4 Å². The summed E-state index contributed by atoms with van der Waals surface area (Å²) in [5, 5.41) is 17.1. The number of carbonyl (C=O) groups excluding carboxylic acids is 1. The highest BCUT2D eigenvalue weighted by Gasteiger charge is 2.27. The molecule has 0 spiro atoms. The molecule has 8 heteroatoms. The minimum atomic E-state index is -1.03. The average Bonchev–Trinajstić information content (AvgIpc) is 2.74. The molecule has 3 N–H and O–H groups in total. The molecular formula is C26H34F2N2O4. The minimum absolute atomic E-state index is 0.0160. The van der Waals surface area contributed by atoms with Gasteiger partial charge in [0.2, 0.25) is 0 Å². The number of benzene rings is 2. The van der Waals surface area contributed by atoms with Gasteiger partial charge in [0.15, 0.2) is 0 Å². The van der Waals surface area contributed by atoms with E-state index in [1.54, 1.807) is 27.9 Å². The predicted octanol–water partition coefficient (Wildman–Crippen LogP) is 4.44. The number of fused-ring (bicyclic) bond motifs is 1. The second kappa shape index (κ2) is 11.1. The first-order valence-electron chi connectivity index (χ1n) is 11.6. The van der Waals surface area contributed by atoms with Gasteiger partial charge in [-0.1, -0.05) is 6.07 Å². The summed E-state index contributed by atoms with van der Waals surface area (Å²) in [5.74, 6) is -0.664. The number of ether oxygens (including phenoxy) is 2. The number of rotatable bonds is 8. The van der Waals surface area contributed by atoms with Gasteiger partial charge in [-0.3, -0.25) is 0 Å². The van der Waals surface area contributed by atoms with Gasteiger partial charge in [0, 0.05) is 18.7 Å². The number of amides is 1. The predicted molar refractivity (Wildman–Crippen MR) is 126 cm³/mol. The standard InChI is InChI=1S/C26H34F2N2O4/c1-26(2,3)34-25(32)30-23(12-16-10-18(27)13-19(28)11-16)24(31)15-29-22-7-5-6-17-8-9-20(33-4)14-21(17)22/h8-11,13-14,22-24,29,31H,5-7,12,15H2,1-4H3,(H,30,32)/t22-,23-,24+/m0/s1. The number of hydrogen-bond donors (Lipinski definition) is 3. The molecule has 6 nitrogen and oxygen atoms in total. The van der Waals surface area contributed by atoms with E-state index in [-0.39, 0.29) is 19.0 Å². The monoisotopic (exact) mass is 476 g/mol. The molecule has 2 aromatic carbocycles. The Balaban J connectivity index is 1.73. The van der Waals surface area contributed by atoms with Crippen molar-refractivity contribution in [3.05, 3.63) is 64.7 Å². The van der Waals surface area contributed by atoms with Crippen molar-refractivity contribution in [3.63, 3.8) is 0 Å². The van der Waals surface area contributed by atoms with Crippen LogP contribution in [0.3, 0.4) is 0 Å². The zero-order valence-electron chi connectivity index (χ0n) is 20.2. The topological polar surface area (TPSA) is 79.8 Å². The third-order valence-electron chi connectivity index (χ3n) is 5.79. The Hall–Kier alpha value is -2.71. The van der Waals surface area contributed by atoms with Crippen molar-refractivity contribution < 1.29 is 28.2 Å². The zero-order valence-corrected chi connectivity index (χ0v) is 20.2. The van der Waals surface area contributed by atoms with Crippen molar-refractivity contribution in [2.24, 2.45) is 0 Å². The fourth-order valence-corrected chi connectivity index (χ4v) is 4.25. The van der Waals surface area contributed by atoms with Crippen molar-refractivity contribution in [1.29, 1.82) is 0 Å². The summed E-state index contributed by atoms with van der Waals surface area (Å²) in [5.41, 5.74) is 1.96. The molecule has 3 atom stereocenters. The lowest BCUT2D eigenvalue weighted by atomic mass is 9.87. The van der Waals surface area contributed by atoms with E-state index >= 15 is 0 Å². The second-order valence-corrected chi connectivity index (χ2v) is 9.72. The number of hydrogen-bond acceptors (Lipinski definition) is 5. The molecule has 0 bridgehead atoms. The molecule has 0 aromatic heterocycles. The third-order valence-corrected chi connectivity index (χ3v) is 5.79. The van der Waals surface area contributed by atoms with Gasteiger partial charge >= 0.3 is 6.09 Å². The molecule has 3 rings (SSSR count). The number of methoxy groups -OCH3 is 1. The average molecular weight is 477 g/mol. The highest BCUT2D eigenvalue weighted by molar-refractivity contribution is 5.68. The van der Waals surface area contributed by atoms with Gasteiger partial charge in [-0.25, -0.2) is 13.6 Å².